The molecule has 0 fully saturated rings. The zero-order valence-corrected chi connectivity index (χ0v) is 9.23. The van der Waals surface area contributed by atoms with E-state index in [0.29, 0.717) is 17.0 Å². The molecule has 1 amide bonds. The first-order valence-electron chi connectivity index (χ1n) is 4.95. The number of carbonyl (C=O) groups is 1. The van der Waals surface area contributed by atoms with Crippen molar-refractivity contribution in [1.29, 1.82) is 0 Å². The molecule has 0 atom stereocenters. The summed E-state index contributed by atoms with van der Waals surface area (Å²) in [5.41, 5.74) is 6.49. The lowest BCUT2D eigenvalue weighted by Crippen LogP contribution is -2.12. The van der Waals surface area contributed by atoms with Gasteiger partial charge >= 0.3 is 0 Å². The maximum atomic E-state index is 11.8. The summed E-state index contributed by atoms with van der Waals surface area (Å²) in [6.45, 7) is 0. The Kier molecular flexibility index (Phi) is 2.95. The van der Waals surface area contributed by atoms with Crippen molar-refractivity contribution in [2.75, 3.05) is 18.2 Å². The van der Waals surface area contributed by atoms with Crippen LogP contribution in [0.15, 0.2) is 30.5 Å². The van der Waals surface area contributed by atoms with E-state index in [2.05, 4.69) is 15.5 Å². The van der Waals surface area contributed by atoms with E-state index in [1.165, 1.54) is 6.20 Å². The van der Waals surface area contributed by atoms with Gasteiger partial charge in [-0.05, 0) is 12.1 Å². The third kappa shape index (κ3) is 2.36. The summed E-state index contributed by atoms with van der Waals surface area (Å²) >= 11 is 0. The van der Waals surface area contributed by atoms with Crippen LogP contribution in [0.4, 0.5) is 11.5 Å². The number of nitrogens with two attached hydrogens (primary N) is 1. The number of carbonyl (C=O) groups excluding carboxylic acids is 1. The van der Waals surface area contributed by atoms with Gasteiger partial charge in [-0.25, -0.2) is 0 Å². The Morgan fingerprint density at radius 3 is 3.00 bits per heavy atom. The second-order valence-corrected chi connectivity index (χ2v) is 3.38. The van der Waals surface area contributed by atoms with Gasteiger partial charge in [0.2, 0.25) is 0 Å². The minimum Gasteiger partial charge on any atom is -0.497 e. The van der Waals surface area contributed by atoms with Gasteiger partial charge in [0.05, 0.1) is 13.3 Å². The molecule has 0 saturated carbocycles. The van der Waals surface area contributed by atoms with Crippen LogP contribution in [0.5, 0.6) is 5.75 Å². The molecule has 0 aliphatic heterocycles. The van der Waals surface area contributed by atoms with Gasteiger partial charge in [-0.1, -0.05) is 6.07 Å². The van der Waals surface area contributed by atoms with Gasteiger partial charge in [0.25, 0.3) is 5.91 Å². The first kappa shape index (κ1) is 11.0. The maximum Gasteiger partial charge on any atom is 0.261 e. The number of ether oxygens (including phenoxy) is 1. The van der Waals surface area contributed by atoms with Crippen molar-refractivity contribution in [3.05, 3.63) is 36.0 Å². The summed E-state index contributed by atoms with van der Waals surface area (Å²) in [4.78, 5) is 11.8. The van der Waals surface area contributed by atoms with E-state index in [9.17, 15) is 4.79 Å². The number of H-pyrrole nitrogens is 1. The molecule has 0 spiro atoms. The molecule has 0 radical (unpaired) electrons. The van der Waals surface area contributed by atoms with E-state index in [1.807, 2.05) is 0 Å². The van der Waals surface area contributed by atoms with E-state index in [-0.39, 0.29) is 11.7 Å². The molecule has 0 aliphatic carbocycles. The Morgan fingerprint density at radius 1 is 1.53 bits per heavy atom. The molecule has 6 nitrogen and oxygen atoms in total. The molecule has 0 bridgehead atoms. The van der Waals surface area contributed by atoms with Crippen LogP contribution in [0, 0.1) is 0 Å². The van der Waals surface area contributed by atoms with Gasteiger partial charge in [0.15, 0.2) is 0 Å². The lowest BCUT2D eigenvalue weighted by molar-refractivity contribution is 0.102. The minimum atomic E-state index is -0.315. The highest BCUT2D eigenvalue weighted by atomic mass is 16.5. The molecule has 1 heterocycles. The number of nitrogens with one attached hydrogen (secondary N) is 2. The first-order chi connectivity index (χ1) is 8.20. The van der Waals surface area contributed by atoms with E-state index in [0.717, 1.165) is 0 Å². The Balaban J connectivity index is 2.16. The van der Waals surface area contributed by atoms with Crippen molar-refractivity contribution < 1.29 is 9.53 Å². The minimum absolute atomic E-state index is 0.241. The molecule has 1 aromatic carbocycles. The summed E-state index contributed by atoms with van der Waals surface area (Å²) in [6, 6.07) is 7.06. The highest BCUT2D eigenvalue weighted by molar-refractivity contribution is 6.07. The number of anilines is 2. The lowest BCUT2D eigenvalue weighted by Gasteiger charge is -2.06. The number of aromatic amines is 1. The topological polar surface area (TPSA) is 93.0 Å². The van der Waals surface area contributed by atoms with Gasteiger partial charge in [-0.2, -0.15) is 5.10 Å². The van der Waals surface area contributed by atoms with E-state index >= 15 is 0 Å². The number of nitrogen functional groups attached to an aromatic ring is 1. The second kappa shape index (κ2) is 4.56. The van der Waals surface area contributed by atoms with E-state index < -0.39 is 0 Å². The van der Waals surface area contributed by atoms with E-state index in [1.54, 1.807) is 31.4 Å². The van der Waals surface area contributed by atoms with Crippen LogP contribution in [-0.4, -0.2) is 23.2 Å². The van der Waals surface area contributed by atoms with Crippen LogP contribution in [0.3, 0.4) is 0 Å². The van der Waals surface area contributed by atoms with Crippen molar-refractivity contribution in [2.24, 2.45) is 0 Å². The van der Waals surface area contributed by atoms with Gasteiger partial charge in [0, 0.05) is 11.8 Å². The molecule has 0 unspecified atom stereocenters. The molecular formula is C11H12N4O2. The molecule has 2 rings (SSSR count). The van der Waals surface area contributed by atoms with Gasteiger partial charge < -0.3 is 15.8 Å². The number of hydrogen-bond acceptors (Lipinski definition) is 4. The SMILES string of the molecule is COc1cccc(NC(=O)c2cn[nH]c2N)c1. The Labute approximate surface area is 97.8 Å². The van der Waals surface area contributed by atoms with Crippen molar-refractivity contribution in [1.82, 2.24) is 10.2 Å². The predicted octanol–water partition coefficient (Wildman–Crippen LogP) is 1.25. The zero-order valence-electron chi connectivity index (χ0n) is 9.23. The predicted molar refractivity (Wildman–Crippen MR) is 63.9 cm³/mol. The molecule has 1 aromatic heterocycles. The quantitative estimate of drug-likeness (QED) is 0.742. The number of benzene rings is 1. The number of hydrogen-bond donors (Lipinski definition) is 3. The summed E-state index contributed by atoms with van der Waals surface area (Å²) in [7, 11) is 1.56. The number of methoxy groups -OCH3 is 1. The van der Waals surface area contributed by atoms with Crippen LogP contribution in [0.1, 0.15) is 10.4 Å². The average molecular weight is 232 g/mol. The molecule has 0 saturated heterocycles. The molecular weight excluding hydrogens is 220 g/mol. The lowest BCUT2D eigenvalue weighted by atomic mass is 10.2. The molecule has 4 N–H and O–H groups in total. The smallest absolute Gasteiger partial charge is 0.261 e. The number of amides is 1. The Bertz CT molecular complexity index is 536. The van der Waals surface area contributed by atoms with Crippen molar-refractivity contribution in [3.63, 3.8) is 0 Å². The maximum absolute atomic E-state index is 11.8. The molecule has 2 aromatic rings. The Morgan fingerprint density at radius 2 is 2.35 bits per heavy atom. The second-order valence-electron chi connectivity index (χ2n) is 3.38. The monoisotopic (exact) mass is 232 g/mol. The number of rotatable bonds is 3. The standard InChI is InChI=1S/C11H12N4O2/c1-17-8-4-2-3-7(5-8)14-11(16)9-6-13-15-10(9)12/h2-6H,1H3,(H,14,16)(H3,12,13,15). The number of nitrogens with zero attached hydrogens (tertiary/aromatic N) is 1. The zero-order chi connectivity index (χ0) is 12.3. The van der Waals surface area contributed by atoms with Gasteiger partial charge in [-0.15, -0.1) is 0 Å². The van der Waals surface area contributed by atoms with Gasteiger partial charge in [-0.3, -0.25) is 9.89 Å². The van der Waals surface area contributed by atoms with Crippen LogP contribution in [-0.2, 0) is 0 Å². The fourth-order valence-corrected chi connectivity index (χ4v) is 1.38. The average Bonchev–Trinajstić information content (AvgIpc) is 2.76. The third-order valence-electron chi connectivity index (χ3n) is 2.24. The fraction of sp³-hybridized carbons (Fsp3) is 0.0909. The highest BCUT2D eigenvalue weighted by Crippen LogP contribution is 2.18. The molecule has 17 heavy (non-hydrogen) atoms. The summed E-state index contributed by atoms with van der Waals surface area (Å²) < 4.78 is 5.06. The van der Waals surface area contributed by atoms with Crippen molar-refractivity contribution in [3.8, 4) is 5.75 Å². The first-order valence-corrected chi connectivity index (χ1v) is 4.95. The summed E-state index contributed by atoms with van der Waals surface area (Å²) in [5.74, 6) is 0.595. The molecule has 88 valence electrons. The van der Waals surface area contributed by atoms with Crippen LogP contribution < -0.4 is 15.8 Å². The summed E-state index contributed by atoms with van der Waals surface area (Å²) in [5, 5.41) is 8.88. The van der Waals surface area contributed by atoms with Crippen molar-refractivity contribution >= 4 is 17.4 Å². The van der Waals surface area contributed by atoms with Gasteiger partial charge in [0.1, 0.15) is 17.1 Å². The van der Waals surface area contributed by atoms with Crippen LogP contribution in [0.25, 0.3) is 0 Å². The van der Waals surface area contributed by atoms with Crippen molar-refractivity contribution in [2.45, 2.75) is 0 Å². The molecule has 0 aliphatic rings. The van der Waals surface area contributed by atoms with Crippen LogP contribution in [0.2, 0.25) is 0 Å². The third-order valence-corrected chi connectivity index (χ3v) is 2.24. The number of aromatic nitrogens is 2. The molecule has 6 heteroatoms. The Hall–Kier alpha value is -2.50. The summed E-state index contributed by atoms with van der Waals surface area (Å²) in [6.07, 6.45) is 1.38. The fourth-order valence-electron chi connectivity index (χ4n) is 1.38. The van der Waals surface area contributed by atoms with E-state index in [4.69, 9.17) is 10.5 Å². The van der Waals surface area contributed by atoms with Crippen LogP contribution >= 0.6 is 0 Å². The normalized spacial score (nSPS) is 9.94. The highest BCUT2D eigenvalue weighted by Gasteiger charge is 2.11. The largest absolute Gasteiger partial charge is 0.497 e.